The van der Waals surface area contributed by atoms with Gasteiger partial charge in [0.05, 0.1) is 18.1 Å². The number of rotatable bonds is 18. The van der Waals surface area contributed by atoms with Gasteiger partial charge in [-0.05, 0) is 105 Å². The molecule has 5 aliphatic rings. The normalized spacial score (nSPS) is 25.6. The van der Waals surface area contributed by atoms with Crippen molar-refractivity contribution in [3.8, 4) is 0 Å². The maximum absolute atomic E-state index is 15.9. The Morgan fingerprint density at radius 1 is 0.471 bits per heavy atom. The van der Waals surface area contributed by atoms with E-state index in [2.05, 4.69) is 66.7 Å². The van der Waals surface area contributed by atoms with Crippen molar-refractivity contribution < 1.29 is 9.28 Å². The number of nitrogens with zero attached hydrogens (tertiary/aromatic N) is 6. The Morgan fingerprint density at radius 2 is 0.765 bits per heavy atom. The second-order valence-corrected chi connectivity index (χ2v) is 18.8. The van der Waals surface area contributed by atoms with Crippen molar-refractivity contribution in [3.63, 3.8) is 0 Å². The van der Waals surface area contributed by atoms with Gasteiger partial charge in [-0.3, -0.25) is 4.79 Å². The second-order valence-electron chi connectivity index (χ2n) is 18.8. The van der Waals surface area contributed by atoms with Crippen LogP contribution in [0.1, 0.15) is 135 Å². The second kappa shape index (κ2) is 20.9. The number of hydrogen-bond acceptors (Lipinski definition) is 6. The fraction of sp³-hybridized carbons (Fsp3) is 0.977. The molecule has 0 saturated carbocycles. The van der Waals surface area contributed by atoms with E-state index in [0.717, 1.165) is 18.6 Å². The third-order valence-corrected chi connectivity index (χ3v) is 15.3. The van der Waals surface area contributed by atoms with Crippen molar-refractivity contribution in [1.82, 2.24) is 24.5 Å². The van der Waals surface area contributed by atoms with Crippen molar-refractivity contribution >= 4 is 5.78 Å². The van der Waals surface area contributed by atoms with Gasteiger partial charge in [0.15, 0.2) is 11.8 Å². The van der Waals surface area contributed by atoms with E-state index in [-0.39, 0.29) is 6.04 Å². The highest BCUT2D eigenvalue weighted by molar-refractivity contribution is 5.83. The highest BCUT2D eigenvalue weighted by atomic mass is 16.1. The predicted molar refractivity (Wildman–Crippen MR) is 216 cm³/mol. The van der Waals surface area contributed by atoms with Gasteiger partial charge in [0, 0.05) is 90.1 Å². The van der Waals surface area contributed by atoms with E-state index in [1.807, 2.05) is 0 Å². The van der Waals surface area contributed by atoms with Crippen molar-refractivity contribution in [2.45, 2.75) is 160 Å². The van der Waals surface area contributed by atoms with Crippen molar-refractivity contribution in [3.05, 3.63) is 0 Å². The minimum Gasteiger partial charge on any atom is -0.307 e. The molecule has 0 N–H and O–H groups in total. The lowest BCUT2D eigenvalue weighted by molar-refractivity contribution is -1.01. The fourth-order valence-corrected chi connectivity index (χ4v) is 12.1. The summed E-state index contributed by atoms with van der Waals surface area (Å²) in [6.07, 6.45) is 25.6. The van der Waals surface area contributed by atoms with E-state index >= 15 is 4.79 Å². The number of quaternary nitrogens is 1. The zero-order valence-electron chi connectivity index (χ0n) is 34.8. The first-order valence-electron chi connectivity index (χ1n) is 22.6. The maximum atomic E-state index is 15.9. The lowest BCUT2D eigenvalue weighted by Gasteiger charge is -2.64. The minimum atomic E-state index is 0.191. The van der Waals surface area contributed by atoms with E-state index in [9.17, 15) is 0 Å². The lowest BCUT2D eigenvalue weighted by Crippen LogP contribution is -2.78. The van der Waals surface area contributed by atoms with E-state index < -0.39 is 0 Å². The summed E-state index contributed by atoms with van der Waals surface area (Å²) in [5.74, 6) is 2.64. The summed E-state index contributed by atoms with van der Waals surface area (Å²) in [4.78, 5) is 28.8. The Hall–Kier alpha value is -0.570. The lowest BCUT2D eigenvalue weighted by atomic mass is 9.65. The van der Waals surface area contributed by atoms with Crippen LogP contribution in [0, 0.1) is 17.8 Å². The molecule has 51 heavy (non-hydrogen) atoms. The van der Waals surface area contributed by atoms with Crippen molar-refractivity contribution in [2.24, 2.45) is 17.8 Å². The van der Waals surface area contributed by atoms with Crippen molar-refractivity contribution in [1.29, 1.82) is 0 Å². The molecule has 0 amide bonds. The number of carbonyl (C=O) groups excluding carboxylic acids is 1. The van der Waals surface area contributed by atoms with Crippen LogP contribution in [0.4, 0.5) is 0 Å². The molecule has 5 saturated heterocycles. The number of ketones is 1. The van der Waals surface area contributed by atoms with Crippen LogP contribution in [0.15, 0.2) is 0 Å². The zero-order valence-corrected chi connectivity index (χ0v) is 34.8. The first-order chi connectivity index (χ1) is 24.7. The van der Waals surface area contributed by atoms with E-state index in [1.54, 1.807) is 0 Å². The van der Waals surface area contributed by atoms with Gasteiger partial charge in [0.2, 0.25) is 0 Å². The Labute approximate surface area is 316 Å². The van der Waals surface area contributed by atoms with Crippen LogP contribution in [0.25, 0.3) is 0 Å². The molecule has 0 aromatic carbocycles. The summed E-state index contributed by atoms with van der Waals surface area (Å²) in [6.45, 7) is 14.4. The molecule has 7 nitrogen and oxygen atoms in total. The van der Waals surface area contributed by atoms with Gasteiger partial charge in [0.25, 0.3) is 0 Å². The van der Waals surface area contributed by atoms with Gasteiger partial charge in [-0.2, -0.15) is 0 Å². The van der Waals surface area contributed by atoms with Crippen LogP contribution in [0.3, 0.4) is 0 Å². The summed E-state index contributed by atoms with van der Waals surface area (Å²) in [5, 5.41) is 0. The number of hydrogen-bond donors (Lipinski definition) is 0. The number of piperidine rings is 5. The standard InChI is InChI=1S/C44H85N6O/c1-7-8-9-10-11-12-13-14-15-16-42(51)44(43(37-17-27-45(2)28-18-37)38-19-29-46(3)30-20-38)50(39-21-31-47(4)32-22-39,40-23-33-48(5)34-24-40)41-25-35-49(6)36-26-41/h37-41,43-44H,7-36H2,1-6H3/q+1. The van der Waals surface area contributed by atoms with Gasteiger partial charge in [-0.1, -0.05) is 58.3 Å². The van der Waals surface area contributed by atoms with Gasteiger partial charge >= 0.3 is 0 Å². The molecule has 5 heterocycles. The molecule has 1 atom stereocenters. The molecule has 0 aromatic heterocycles. The molecule has 0 spiro atoms. The highest BCUT2D eigenvalue weighted by Gasteiger charge is 2.61. The molecule has 296 valence electrons. The van der Waals surface area contributed by atoms with Gasteiger partial charge < -0.3 is 29.0 Å². The Kier molecular flexibility index (Phi) is 17.1. The maximum Gasteiger partial charge on any atom is 0.190 e. The van der Waals surface area contributed by atoms with Gasteiger partial charge in [-0.25, -0.2) is 0 Å². The molecule has 0 bridgehead atoms. The number of unbranched alkanes of at least 4 members (excludes halogenated alkanes) is 8. The van der Waals surface area contributed by atoms with Gasteiger partial charge in [-0.15, -0.1) is 0 Å². The van der Waals surface area contributed by atoms with Crippen LogP contribution >= 0.6 is 0 Å². The van der Waals surface area contributed by atoms with Crippen LogP contribution in [-0.4, -0.2) is 160 Å². The molecule has 0 aromatic rings. The third-order valence-electron chi connectivity index (χ3n) is 15.3. The average molecular weight is 714 g/mol. The Morgan fingerprint density at radius 3 is 1.10 bits per heavy atom. The molecule has 7 heteroatoms. The molecule has 5 fully saturated rings. The molecule has 5 rings (SSSR count). The highest BCUT2D eigenvalue weighted by Crippen LogP contribution is 2.49. The predicted octanol–water partition coefficient (Wildman–Crippen LogP) is 7.24. The molecular weight excluding hydrogens is 629 g/mol. The van der Waals surface area contributed by atoms with E-state index in [4.69, 9.17) is 0 Å². The minimum absolute atomic E-state index is 0.191. The first-order valence-corrected chi connectivity index (χ1v) is 22.6. The number of Topliss-reactive ketones (excluding diaryl/α,β-unsaturated/α-hetero) is 1. The van der Waals surface area contributed by atoms with Crippen LogP contribution < -0.4 is 0 Å². The zero-order chi connectivity index (χ0) is 36.2. The quantitative estimate of drug-likeness (QED) is 0.110. The van der Waals surface area contributed by atoms with E-state index in [0.29, 0.717) is 35.9 Å². The Bertz CT molecular complexity index is 891. The average Bonchev–Trinajstić information content (AvgIpc) is 3.13. The van der Waals surface area contributed by atoms with Crippen molar-refractivity contribution in [2.75, 3.05) is 101 Å². The monoisotopic (exact) mass is 714 g/mol. The van der Waals surface area contributed by atoms with Gasteiger partial charge in [0.1, 0.15) is 0 Å². The van der Waals surface area contributed by atoms with Crippen LogP contribution in [-0.2, 0) is 4.79 Å². The number of likely N-dealkylation sites (tertiary alicyclic amines) is 5. The van der Waals surface area contributed by atoms with E-state index in [1.165, 1.54) is 186 Å². The number of carbonyl (C=O) groups is 1. The third kappa shape index (κ3) is 11.0. The molecule has 0 radical (unpaired) electrons. The smallest absolute Gasteiger partial charge is 0.190 e. The summed E-state index contributed by atoms with van der Waals surface area (Å²) in [7, 11) is 11.7. The molecule has 1 unspecified atom stereocenters. The SMILES string of the molecule is CCCCCCCCCCCC(=O)C(C(C1CCN(C)CC1)C1CCN(C)CC1)[N+](C1CCN(C)CC1)(C1CCN(C)CC1)C1CCN(C)CC1. The summed E-state index contributed by atoms with van der Waals surface area (Å²) >= 11 is 0. The first kappa shape index (κ1) is 41.6. The largest absolute Gasteiger partial charge is 0.307 e. The molecule has 5 aliphatic heterocycles. The Balaban J connectivity index is 1.55. The summed E-state index contributed by atoms with van der Waals surface area (Å²) < 4.78 is 1.20. The summed E-state index contributed by atoms with van der Waals surface area (Å²) in [5.41, 5.74) is 0. The summed E-state index contributed by atoms with van der Waals surface area (Å²) in [6, 6.07) is 2.07. The fourth-order valence-electron chi connectivity index (χ4n) is 12.1. The molecular formula is C44H85N6O+. The van der Waals surface area contributed by atoms with Crippen LogP contribution in [0.5, 0.6) is 0 Å². The van der Waals surface area contributed by atoms with Crippen LogP contribution in [0.2, 0.25) is 0 Å². The molecule has 0 aliphatic carbocycles. The topological polar surface area (TPSA) is 33.3 Å².